The molecule has 0 spiro atoms. The largest absolute Gasteiger partial charge is 0.370 e. The first kappa shape index (κ1) is 20.7. The van der Waals surface area contributed by atoms with E-state index in [4.69, 9.17) is 5.73 Å². The predicted octanol–water partition coefficient (Wildman–Crippen LogP) is 3.51. The maximum atomic E-state index is 11.5. The number of nitrogens with two attached hydrogens (primary N) is 1. The molecule has 0 aromatic heterocycles. The highest BCUT2D eigenvalue weighted by molar-refractivity contribution is 14.0. The lowest BCUT2D eigenvalue weighted by molar-refractivity contribution is 0.602. The van der Waals surface area contributed by atoms with Crippen molar-refractivity contribution in [3.8, 4) is 0 Å². The lowest BCUT2D eigenvalue weighted by atomic mass is 9.90. The van der Waals surface area contributed by atoms with Gasteiger partial charge in [0, 0.05) is 11.9 Å². The number of hydrogen-bond acceptors (Lipinski definition) is 3. The highest BCUT2D eigenvalue weighted by atomic mass is 127. The fraction of sp³-hybridized carbons (Fsp3) is 0.316. The maximum Gasteiger partial charge on any atom is 0.193 e. The number of guanidine groups is 1. The normalized spacial score (nSPS) is 14.3. The zero-order valence-electron chi connectivity index (χ0n) is 14.7. The first-order chi connectivity index (χ1) is 11.9. The first-order valence-electron chi connectivity index (χ1n) is 8.40. The Hall–Kier alpha value is -1.61. The van der Waals surface area contributed by atoms with Crippen LogP contribution in [-0.4, -0.2) is 20.6 Å². The second-order valence-electron chi connectivity index (χ2n) is 6.39. The van der Waals surface area contributed by atoms with Gasteiger partial charge in [-0.25, -0.2) is 13.4 Å². The maximum absolute atomic E-state index is 11.5. The number of benzene rings is 2. The van der Waals surface area contributed by atoms with Gasteiger partial charge < -0.3 is 11.1 Å². The van der Waals surface area contributed by atoms with Gasteiger partial charge in [-0.15, -0.1) is 24.0 Å². The SMILES string of the molecule is CS(=O)(=O)c1ccc(CN=C(N)Nc2cccc3c2CCCC3)cc1.I. The van der Waals surface area contributed by atoms with E-state index in [1.54, 1.807) is 24.3 Å². The number of fused-ring (bicyclic) bond motifs is 1. The second kappa shape index (κ2) is 8.85. The van der Waals surface area contributed by atoms with Gasteiger partial charge in [-0.05, 0) is 60.6 Å². The van der Waals surface area contributed by atoms with Crippen molar-refractivity contribution in [2.45, 2.75) is 37.1 Å². The van der Waals surface area contributed by atoms with Gasteiger partial charge in [-0.1, -0.05) is 24.3 Å². The Morgan fingerprint density at radius 1 is 1.12 bits per heavy atom. The Morgan fingerprint density at radius 2 is 1.81 bits per heavy atom. The number of halogens is 1. The number of aliphatic imine (C=N–C) groups is 1. The first-order valence-corrected chi connectivity index (χ1v) is 10.3. The van der Waals surface area contributed by atoms with Gasteiger partial charge in [0.25, 0.3) is 0 Å². The lowest BCUT2D eigenvalue weighted by Crippen LogP contribution is -2.24. The molecule has 0 saturated carbocycles. The van der Waals surface area contributed by atoms with Gasteiger partial charge in [0.15, 0.2) is 15.8 Å². The summed E-state index contributed by atoms with van der Waals surface area (Å²) in [5.41, 5.74) is 10.7. The molecule has 0 amide bonds. The molecule has 0 saturated heterocycles. The Morgan fingerprint density at radius 3 is 2.50 bits per heavy atom. The zero-order chi connectivity index (χ0) is 17.9. The molecule has 26 heavy (non-hydrogen) atoms. The molecule has 2 aromatic rings. The third kappa shape index (κ3) is 5.20. The molecule has 140 valence electrons. The molecule has 0 atom stereocenters. The summed E-state index contributed by atoms with van der Waals surface area (Å²) in [5, 5.41) is 3.21. The van der Waals surface area contributed by atoms with Crippen LogP contribution in [0, 0.1) is 0 Å². The van der Waals surface area contributed by atoms with Crippen molar-refractivity contribution < 1.29 is 8.42 Å². The van der Waals surface area contributed by atoms with Crippen LogP contribution >= 0.6 is 24.0 Å². The minimum Gasteiger partial charge on any atom is -0.370 e. The van der Waals surface area contributed by atoms with Crippen molar-refractivity contribution in [1.29, 1.82) is 0 Å². The van der Waals surface area contributed by atoms with Crippen molar-refractivity contribution in [2.75, 3.05) is 11.6 Å². The van der Waals surface area contributed by atoms with Crippen LogP contribution in [0.25, 0.3) is 0 Å². The van der Waals surface area contributed by atoms with Crippen molar-refractivity contribution >= 4 is 45.5 Å². The molecule has 3 N–H and O–H groups in total. The molecule has 0 bridgehead atoms. The summed E-state index contributed by atoms with van der Waals surface area (Å²) < 4.78 is 22.9. The van der Waals surface area contributed by atoms with E-state index >= 15 is 0 Å². The molecule has 1 aliphatic rings. The van der Waals surface area contributed by atoms with Crippen LogP contribution in [0.3, 0.4) is 0 Å². The van der Waals surface area contributed by atoms with E-state index in [-0.39, 0.29) is 24.0 Å². The van der Waals surface area contributed by atoms with Crippen LogP contribution in [0.2, 0.25) is 0 Å². The van der Waals surface area contributed by atoms with Crippen LogP contribution in [-0.2, 0) is 29.2 Å². The molecule has 5 nitrogen and oxygen atoms in total. The van der Waals surface area contributed by atoms with Crippen LogP contribution in [0.15, 0.2) is 52.4 Å². The quantitative estimate of drug-likeness (QED) is 0.395. The summed E-state index contributed by atoms with van der Waals surface area (Å²) in [7, 11) is -3.17. The van der Waals surface area contributed by atoms with Crippen molar-refractivity contribution in [1.82, 2.24) is 0 Å². The van der Waals surface area contributed by atoms with E-state index in [0.717, 1.165) is 24.1 Å². The van der Waals surface area contributed by atoms with E-state index in [9.17, 15) is 8.42 Å². The van der Waals surface area contributed by atoms with Gasteiger partial charge in [0.1, 0.15) is 0 Å². The summed E-state index contributed by atoms with van der Waals surface area (Å²) in [5.74, 6) is 0.367. The summed E-state index contributed by atoms with van der Waals surface area (Å²) in [6.07, 6.45) is 5.83. The molecule has 0 unspecified atom stereocenters. The van der Waals surface area contributed by atoms with E-state index in [0.29, 0.717) is 17.4 Å². The fourth-order valence-corrected chi connectivity index (χ4v) is 3.72. The monoisotopic (exact) mass is 485 g/mol. The van der Waals surface area contributed by atoms with Gasteiger partial charge in [0.2, 0.25) is 0 Å². The van der Waals surface area contributed by atoms with E-state index in [1.165, 1.54) is 30.2 Å². The van der Waals surface area contributed by atoms with Gasteiger partial charge in [0.05, 0.1) is 11.4 Å². The summed E-state index contributed by atoms with van der Waals surface area (Å²) in [4.78, 5) is 4.67. The number of aryl methyl sites for hydroxylation is 1. The number of rotatable bonds is 4. The van der Waals surface area contributed by atoms with E-state index < -0.39 is 9.84 Å². The Bertz CT molecular complexity index is 894. The van der Waals surface area contributed by atoms with Crippen LogP contribution in [0.5, 0.6) is 0 Å². The minimum atomic E-state index is -3.17. The van der Waals surface area contributed by atoms with Crippen LogP contribution in [0.4, 0.5) is 5.69 Å². The number of nitrogens with zero attached hydrogens (tertiary/aromatic N) is 1. The van der Waals surface area contributed by atoms with Gasteiger partial charge in [-0.3, -0.25) is 0 Å². The number of nitrogens with one attached hydrogen (secondary N) is 1. The molecule has 0 heterocycles. The van der Waals surface area contributed by atoms with Gasteiger partial charge in [-0.2, -0.15) is 0 Å². The standard InChI is InChI=1S/C19H23N3O2S.HI/c1-25(23,24)16-11-9-14(10-12-16)13-21-19(20)22-18-8-4-6-15-5-2-3-7-17(15)18;/h4,6,8-12H,2-3,5,7,13H2,1H3,(H3,20,21,22);1H. The highest BCUT2D eigenvalue weighted by Gasteiger charge is 2.13. The van der Waals surface area contributed by atoms with Crippen molar-refractivity contribution in [3.05, 3.63) is 59.2 Å². The number of sulfone groups is 1. The molecule has 0 radical (unpaired) electrons. The van der Waals surface area contributed by atoms with E-state index in [2.05, 4.69) is 16.4 Å². The Kier molecular flexibility index (Phi) is 7.05. The summed E-state index contributed by atoms with van der Waals surface area (Å²) in [6, 6.07) is 13.0. The molecule has 1 aliphatic carbocycles. The predicted molar refractivity (Wildman–Crippen MR) is 117 cm³/mol. The van der Waals surface area contributed by atoms with Crippen LogP contribution < -0.4 is 11.1 Å². The lowest BCUT2D eigenvalue weighted by Gasteiger charge is -2.19. The molecular weight excluding hydrogens is 461 g/mol. The molecule has 7 heteroatoms. The average Bonchev–Trinajstić information content (AvgIpc) is 2.60. The molecule has 0 fully saturated rings. The van der Waals surface area contributed by atoms with Crippen LogP contribution in [0.1, 0.15) is 29.5 Å². The number of anilines is 1. The number of hydrogen-bond donors (Lipinski definition) is 2. The Balaban J connectivity index is 0.00000243. The summed E-state index contributed by atoms with van der Waals surface area (Å²) >= 11 is 0. The average molecular weight is 485 g/mol. The second-order valence-corrected chi connectivity index (χ2v) is 8.41. The molecular formula is C19H24IN3O2S. The van der Waals surface area contributed by atoms with Crippen molar-refractivity contribution in [2.24, 2.45) is 10.7 Å². The minimum absolute atomic E-state index is 0. The molecule has 2 aromatic carbocycles. The topological polar surface area (TPSA) is 84.5 Å². The van der Waals surface area contributed by atoms with E-state index in [1.807, 2.05) is 12.1 Å². The fourth-order valence-electron chi connectivity index (χ4n) is 3.09. The smallest absolute Gasteiger partial charge is 0.193 e. The van der Waals surface area contributed by atoms with Gasteiger partial charge >= 0.3 is 0 Å². The zero-order valence-corrected chi connectivity index (χ0v) is 17.9. The highest BCUT2D eigenvalue weighted by Crippen LogP contribution is 2.27. The third-order valence-corrected chi connectivity index (χ3v) is 5.57. The summed E-state index contributed by atoms with van der Waals surface area (Å²) in [6.45, 7) is 0.401. The Labute approximate surface area is 172 Å². The van der Waals surface area contributed by atoms with Crippen molar-refractivity contribution in [3.63, 3.8) is 0 Å². The molecule has 0 aliphatic heterocycles. The molecule has 3 rings (SSSR count). The third-order valence-electron chi connectivity index (χ3n) is 4.44.